The monoisotopic (exact) mass is 315 g/mol. The summed E-state index contributed by atoms with van der Waals surface area (Å²) in [6.07, 6.45) is 8.37. The first-order valence-electron chi connectivity index (χ1n) is 7.87. The standard InChI is InChI=1S/C16H21N5O2/c1-12-9-16(18-11-14(12)21(22)23)20-6-3-13(4-7-20)10-15-17-5-8-19(15)2/h5,8-9,11,13H,3-4,6-7,10H2,1-2H3. The fraction of sp³-hybridized carbons (Fsp3) is 0.500. The van der Waals surface area contributed by atoms with Gasteiger partial charge in [0.2, 0.25) is 0 Å². The second-order valence-corrected chi connectivity index (χ2v) is 6.18. The van der Waals surface area contributed by atoms with Crippen molar-refractivity contribution in [2.75, 3.05) is 18.0 Å². The number of nitro groups is 1. The molecule has 7 heteroatoms. The van der Waals surface area contributed by atoms with Crippen molar-refractivity contribution in [3.05, 3.63) is 46.2 Å². The van der Waals surface area contributed by atoms with Gasteiger partial charge in [-0.1, -0.05) is 0 Å². The van der Waals surface area contributed by atoms with Crippen molar-refractivity contribution in [1.29, 1.82) is 0 Å². The fourth-order valence-corrected chi connectivity index (χ4v) is 3.12. The number of aromatic nitrogens is 3. The van der Waals surface area contributed by atoms with Gasteiger partial charge in [-0.15, -0.1) is 0 Å². The molecule has 2 aromatic rings. The lowest BCUT2D eigenvalue weighted by Crippen LogP contribution is -2.35. The van der Waals surface area contributed by atoms with Crippen LogP contribution in [-0.2, 0) is 13.5 Å². The molecular weight excluding hydrogens is 294 g/mol. The molecule has 0 unspecified atom stereocenters. The molecule has 122 valence electrons. The average molecular weight is 315 g/mol. The number of piperidine rings is 1. The van der Waals surface area contributed by atoms with E-state index >= 15 is 0 Å². The minimum absolute atomic E-state index is 0.0819. The highest BCUT2D eigenvalue weighted by Crippen LogP contribution is 2.26. The Bertz CT molecular complexity index is 704. The Morgan fingerprint density at radius 1 is 1.35 bits per heavy atom. The van der Waals surface area contributed by atoms with Crippen molar-refractivity contribution >= 4 is 11.5 Å². The molecule has 0 aliphatic carbocycles. The first-order chi connectivity index (χ1) is 11.0. The molecule has 3 heterocycles. The number of hydrogen-bond acceptors (Lipinski definition) is 5. The zero-order chi connectivity index (χ0) is 16.4. The highest BCUT2D eigenvalue weighted by molar-refractivity contribution is 5.48. The fourth-order valence-electron chi connectivity index (χ4n) is 3.12. The SMILES string of the molecule is Cc1cc(N2CCC(Cc3nccn3C)CC2)ncc1[N+](=O)[O-]. The topological polar surface area (TPSA) is 77.1 Å². The van der Waals surface area contributed by atoms with Crippen molar-refractivity contribution in [3.8, 4) is 0 Å². The third-order valence-electron chi connectivity index (χ3n) is 4.60. The van der Waals surface area contributed by atoms with Gasteiger partial charge in [0.05, 0.1) is 4.92 Å². The molecule has 0 N–H and O–H groups in total. The van der Waals surface area contributed by atoms with E-state index in [1.165, 1.54) is 6.20 Å². The van der Waals surface area contributed by atoms with Crippen LogP contribution in [0.15, 0.2) is 24.7 Å². The Morgan fingerprint density at radius 3 is 2.65 bits per heavy atom. The predicted octanol–water partition coefficient (Wildman–Crippen LogP) is 2.49. The van der Waals surface area contributed by atoms with Crippen LogP contribution in [-0.4, -0.2) is 32.5 Å². The lowest BCUT2D eigenvalue weighted by molar-refractivity contribution is -0.385. The van der Waals surface area contributed by atoms with Gasteiger partial charge in [0.25, 0.3) is 5.69 Å². The molecular formula is C16H21N5O2. The molecule has 0 bridgehead atoms. The molecule has 1 aliphatic heterocycles. The van der Waals surface area contributed by atoms with Crippen LogP contribution in [0.1, 0.15) is 24.2 Å². The van der Waals surface area contributed by atoms with Crippen LogP contribution in [0.5, 0.6) is 0 Å². The third kappa shape index (κ3) is 3.33. The molecule has 1 saturated heterocycles. The molecule has 0 radical (unpaired) electrons. The van der Waals surface area contributed by atoms with Gasteiger partial charge in [0.15, 0.2) is 0 Å². The number of hydrogen-bond donors (Lipinski definition) is 0. The van der Waals surface area contributed by atoms with Crippen molar-refractivity contribution in [3.63, 3.8) is 0 Å². The number of pyridine rings is 1. The Hall–Kier alpha value is -2.44. The van der Waals surface area contributed by atoms with Crippen molar-refractivity contribution in [2.24, 2.45) is 13.0 Å². The molecule has 1 fully saturated rings. The zero-order valence-electron chi connectivity index (χ0n) is 13.5. The van der Waals surface area contributed by atoms with Crippen LogP contribution in [0.25, 0.3) is 0 Å². The number of rotatable bonds is 4. The minimum atomic E-state index is -0.384. The van der Waals surface area contributed by atoms with Gasteiger partial charge in [-0.3, -0.25) is 10.1 Å². The van der Waals surface area contributed by atoms with E-state index in [1.807, 2.05) is 25.5 Å². The van der Waals surface area contributed by atoms with E-state index in [1.54, 1.807) is 6.92 Å². The maximum Gasteiger partial charge on any atom is 0.290 e. The zero-order valence-corrected chi connectivity index (χ0v) is 13.5. The first-order valence-corrected chi connectivity index (χ1v) is 7.87. The summed E-state index contributed by atoms with van der Waals surface area (Å²) in [5.41, 5.74) is 0.744. The van der Waals surface area contributed by atoms with Crippen LogP contribution in [0, 0.1) is 23.0 Å². The third-order valence-corrected chi connectivity index (χ3v) is 4.60. The molecule has 7 nitrogen and oxygen atoms in total. The maximum atomic E-state index is 10.9. The second-order valence-electron chi connectivity index (χ2n) is 6.18. The van der Waals surface area contributed by atoms with Gasteiger partial charge in [-0.05, 0) is 31.7 Å². The number of aryl methyl sites for hydroxylation is 2. The smallest absolute Gasteiger partial charge is 0.290 e. The molecule has 2 aromatic heterocycles. The molecule has 23 heavy (non-hydrogen) atoms. The van der Waals surface area contributed by atoms with Gasteiger partial charge in [-0.2, -0.15) is 0 Å². The normalized spacial score (nSPS) is 15.8. The Balaban J connectivity index is 1.61. The van der Waals surface area contributed by atoms with Crippen molar-refractivity contribution in [1.82, 2.24) is 14.5 Å². The lowest BCUT2D eigenvalue weighted by Gasteiger charge is -2.32. The molecule has 0 atom stereocenters. The summed E-state index contributed by atoms with van der Waals surface area (Å²) in [6.45, 7) is 3.62. The van der Waals surface area contributed by atoms with E-state index in [0.717, 1.165) is 44.0 Å². The van der Waals surface area contributed by atoms with Crippen molar-refractivity contribution < 1.29 is 4.92 Å². The number of nitrogens with zero attached hydrogens (tertiary/aromatic N) is 5. The van der Waals surface area contributed by atoms with Gasteiger partial charge < -0.3 is 9.47 Å². The van der Waals surface area contributed by atoms with E-state index in [2.05, 4.69) is 19.4 Å². The van der Waals surface area contributed by atoms with Crippen LogP contribution in [0.2, 0.25) is 0 Å². The summed E-state index contributed by atoms with van der Waals surface area (Å²) in [5.74, 6) is 2.60. The van der Waals surface area contributed by atoms with E-state index in [9.17, 15) is 10.1 Å². The molecule has 3 rings (SSSR count). The average Bonchev–Trinajstić information content (AvgIpc) is 2.93. The van der Waals surface area contributed by atoms with Gasteiger partial charge in [0, 0.05) is 44.5 Å². The number of anilines is 1. The molecule has 0 saturated carbocycles. The van der Waals surface area contributed by atoms with Crippen LogP contribution in [0.4, 0.5) is 11.5 Å². The summed E-state index contributed by atoms with van der Waals surface area (Å²) < 4.78 is 2.08. The predicted molar refractivity (Wildman–Crippen MR) is 87.5 cm³/mol. The summed E-state index contributed by atoms with van der Waals surface area (Å²) in [5, 5.41) is 10.9. The van der Waals surface area contributed by atoms with Crippen LogP contribution in [0.3, 0.4) is 0 Å². The molecule has 1 aliphatic rings. The van der Waals surface area contributed by atoms with E-state index < -0.39 is 0 Å². The lowest BCUT2D eigenvalue weighted by atomic mass is 9.93. The summed E-state index contributed by atoms with van der Waals surface area (Å²) >= 11 is 0. The minimum Gasteiger partial charge on any atom is -0.357 e. The number of imidazole rings is 1. The summed E-state index contributed by atoms with van der Waals surface area (Å²) in [4.78, 5) is 21.4. The van der Waals surface area contributed by atoms with Gasteiger partial charge in [0.1, 0.15) is 17.8 Å². The molecule has 0 amide bonds. The molecule has 0 spiro atoms. The highest BCUT2D eigenvalue weighted by Gasteiger charge is 2.22. The summed E-state index contributed by atoms with van der Waals surface area (Å²) in [6, 6.07) is 1.82. The summed E-state index contributed by atoms with van der Waals surface area (Å²) in [7, 11) is 2.03. The quantitative estimate of drug-likeness (QED) is 0.640. The first kappa shape index (κ1) is 15.5. The van der Waals surface area contributed by atoms with E-state index in [-0.39, 0.29) is 10.6 Å². The van der Waals surface area contributed by atoms with Crippen LogP contribution >= 0.6 is 0 Å². The Kier molecular flexibility index (Phi) is 4.27. The van der Waals surface area contributed by atoms with Crippen LogP contribution < -0.4 is 4.90 Å². The molecule has 0 aromatic carbocycles. The maximum absolute atomic E-state index is 10.9. The highest BCUT2D eigenvalue weighted by atomic mass is 16.6. The second kappa shape index (κ2) is 6.36. The van der Waals surface area contributed by atoms with Gasteiger partial charge >= 0.3 is 0 Å². The van der Waals surface area contributed by atoms with E-state index in [4.69, 9.17) is 0 Å². The van der Waals surface area contributed by atoms with Crippen molar-refractivity contribution in [2.45, 2.75) is 26.2 Å². The Morgan fingerprint density at radius 2 is 2.09 bits per heavy atom. The largest absolute Gasteiger partial charge is 0.357 e. The Labute approximate surface area is 135 Å². The van der Waals surface area contributed by atoms with E-state index in [0.29, 0.717) is 11.5 Å². The van der Waals surface area contributed by atoms with Gasteiger partial charge in [-0.25, -0.2) is 9.97 Å².